The molecule has 0 aliphatic carbocycles. The van der Waals surface area contributed by atoms with Gasteiger partial charge in [0.25, 0.3) is 5.91 Å². The Kier molecular flexibility index (Phi) is 4.55. The van der Waals surface area contributed by atoms with Crippen LogP contribution in [0.1, 0.15) is 23.2 Å². The van der Waals surface area contributed by atoms with Crippen molar-refractivity contribution in [2.75, 3.05) is 25.0 Å². The van der Waals surface area contributed by atoms with Gasteiger partial charge in [0.1, 0.15) is 12.7 Å². The van der Waals surface area contributed by atoms with Crippen molar-refractivity contribution < 1.29 is 19.1 Å². The van der Waals surface area contributed by atoms with Crippen molar-refractivity contribution in [3.05, 3.63) is 29.8 Å². The first-order valence-corrected chi connectivity index (χ1v) is 6.55. The third-order valence-electron chi connectivity index (χ3n) is 3.26. The van der Waals surface area contributed by atoms with Gasteiger partial charge in [-0.2, -0.15) is 0 Å². The van der Waals surface area contributed by atoms with Crippen LogP contribution < -0.4 is 5.32 Å². The van der Waals surface area contributed by atoms with Crippen molar-refractivity contribution in [1.82, 2.24) is 4.90 Å². The van der Waals surface area contributed by atoms with Gasteiger partial charge in [-0.1, -0.05) is 6.07 Å². The number of likely N-dealkylation sites (tertiary alicyclic amines) is 1. The molecule has 1 fully saturated rings. The van der Waals surface area contributed by atoms with Crippen LogP contribution >= 0.6 is 0 Å². The van der Waals surface area contributed by atoms with Gasteiger partial charge < -0.3 is 15.3 Å². The molecular weight excluding hydrogens is 263 g/mol. The fraction of sp³-hybridized carbons (Fsp3) is 0.429. The number of benzene rings is 1. The maximum Gasteiger partial charge on any atom is 0.322 e. The number of halogens is 1. The molecule has 2 N–H and O–H groups in total. The summed E-state index contributed by atoms with van der Waals surface area (Å²) in [5.41, 5.74) is 1.07. The van der Waals surface area contributed by atoms with Crippen LogP contribution in [0.4, 0.5) is 10.1 Å². The summed E-state index contributed by atoms with van der Waals surface area (Å²) in [5, 5.41) is 11.3. The molecule has 0 saturated carbocycles. The molecule has 2 rings (SSSR count). The van der Waals surface area contributed by atoms with E-state index in [0.717, 1.165) is 0 Å². The summed E-state index contributed by atoms with van der Waals surface area (Å²) in [6.45, 7) is 0.643. The number of nitrogens with one attached hydrogen (secondary N) is 1. The van der Waals surface area contributed by atoms with Crippen LogP contribution in [0, 0.1) is 0 Å². The van der Waals surface area contributed by atoms with Gasteiger partial charge in [-0.15, -0.1) is 0 Å². The van der Waals surface area contributed by atoms with Crippen molar-refractivity contribution in [3.8, 4) is 0 Å². The molecule has 0 unspecified atom stereocenters. The quantitative estimate of drug-likeness (QED) is 0.881. The molecule has 1 aliphatic rings. The molecule has 0 radical (unpaired) electrons. The smallest absolute Gasteiger partial charge is 0.322 e. The van der Waals surface area contributed by atoms with E-state index in [-0.39, 0.29) is 12.5 Å². The Morgan fingerprint density at radius 3 is 2.70 bits per heavy atom. The molecule has 1 heterocycles. The Morgan fingerprint density at radius 1 is 1.35 bits per heavy atom. The monoisotopic (exact) mass is 280 g/mol. The van der Waals surface area contributed by atoms with Crippen LogP contribution in [0.2, 0.25) is 0 Å². The van der Waals surface area contributed by atoms with Crippen molar-refractivity contribution in [2.24, 2.45) is 0 Å². The normalized spacial score (nSPS) is 15.9. The number of aliphatic carboxylic acids is 1. The van der Waals surface area contributed by atoms with E-state index in [1.54, 1.807) is 29.2 Å². The molecule has 20 heavy (non-hydrogen) atoms. The maximum absolute atomic E-state index is 13.1. The standard InChI is InChI=1S/C14H17FN2O3/c15-11-4-6-17(7-5-11)14(20)10-2-1-3-12(8-10)16-9-13(18)19/h1-3,8,11,16H,4-7,9H2,(H,18,19). The lowest BCUT2D eigenvalue weighted by Gasteiger charge is -2.28. The lowest BCUT2D eigenvalue weighted by atomic mass is 10.1. The summed E-state index contributed by atoms with van der Waals surface area (Å²) in [7, 11) is 0. The zero-order valence-electron chi connectivity index (χ0n) is 11.0. The second-order valence-electron chi connectivity index (χ2n) is 4.79. The number of amides is 1. The second kappa shape index (κ2) is 6.36. The Balaban J connectivity index is 2.02. The highest BCUT2D eigenvalue weighted by Gasteiger charge is 2.23. The minimum atomic E-state index is -0.966. The number of carboxylic acids is 1. The van der Waals surface area contributed by atoms with Crippen LogP contribution in [0.25, 0.3) is 0 Å². The molecule has 0 atom stereocenters. The van der Waals surface area contributed by atoms with Gasteiger partial charge in [0.15, 0.2) is 0 Å². The minimum absolute atomic E-state index is 0.143. The largest absolute Gasteiger partial charge is 0.480 e. The van der Waals surface area contributed by atoms with Crippen molar-refractivity contribution >= 4 is 17.6 Å². The number of nitrogens with zero attached hydrogens (tertiary/aromatic N) is 1. The zero-order chi connectivity index (χ0) is 14.5. The van der Waals surface area contributed by atoms with Crippen LogP contribution in [0.5, 0.6) is 0 Å². The molecule has 1 aromatic rings. The lowest BCUT2D eigenvalue weighted by Crippen LogP contribution is -2.39. The summed E-state index contributed by atoms with van der Waals surface area (Å²) in [4.78, 5) is 24.4. The molecule has 1 saturated heterocycles. The molecule has 1 aliphatic heterocycles. The molecule has 6 heteroatoms. The zero-order valence-corrected chi connectivity index (χ0v) is 11.0. The fourth-order valence-corrected chi connectivity index (χ4v) is 2.17. The molecular formula is C14H17FN2O3. The van der Waals surface area contributed by atoms with Gasteiger partial charge in [-0.25, -0.2) is 4.39 Å². The molecule has 5 nitrogen and oxygen atoms in total. The average Bonchev–Trinajstić information content (AvgIpc) is 2.45. The topological polar surface area (TPSA) is 69.6 Å². The average molecular weight is 280 g/mol. The first-order valence-electron chi connectivity index (χ1n) is 6.55. The SMILES string of the molecule is O=C(O)CNc1cccc(C(=O)N2CCC(F)CC2)c1. The van der Waals surface area contributed by atoms with Gasteiger partial charge in [0.05, 0.1) is 0 Å². The Bertz CT molecular complexity index is 499. The molecule has 0 spiro atoms. The Labute approximate surface area is 116 Å². The summed E-state index contributed by atoms with van der Waals surface area (Å²) in [6.07, 6.45) is -0.0617. The van der Waals surface area contributed by atoms with Crippen molar-refractivity contribution in [2.45, 2.75) is 19.0 Å². The second-order valence-corrected chi connectivity index (χ2v) is 4.79. The van der Waals surface area contributed by atoms with E-state index >= 15 is 0 Å². The van der Waals surface area contributed by atoms with Gasteiger partial charge >= 0.3 is 5.97 Å². The number of hydrogen-bond acceptors (Lipinski definition) is 3. The first-order chi connectivity index (χ1) is 9.56. The van der Waals surface area contributed by atoms with E-state index < -0.39 is 12.1 Å². The third kappa shape index (κ3) is 3.69. The maximum atomic E-state index is 13.1. The predicted molar refractivity (Wildman–Crippen MR) is 72.6 cm³/mol. The number of carboxylic acid groups (broad SMARTS) is 1. The number of piperidine rings is 1. The van der Waals surface area contributed by atoms with Gasteiger partial charge in [-0.3, -0.25) is 9.59 Å². The van der Waals surface area contributed by atoms with E-state index in [1.165, 1.54) is 0 Å². The van der Waals surface area contributed by atoms with Crippen molar-refractivity contribution in [3.63, 3.8) is 0 Å². The van der Waals surface area contributed by atoms with E-state index in [0.29, 0.717) is 37.2 Å². The van der Waals surface area contributed by atoms with E-state index in [9.17, 15) is 14.0 Å². The number of carbonyl (C=O) groups excluding carboxylic acids is 1. The molecule has 0 bridgehead atoms. The van der Waals surface area contributed by atoms with Gasteiger partial charge in [0, 0.05) is 24.3 Å². The van der Waals surface area contributed by atoms with Crippen LogP contribution in [0.15, 0.2) is 24.3 Å². The predicted octanol–water partition coefficient (Wildman–Crippen LogP) is 1.76. The molecule has 1 aromatic carbocycles. The number of anilines is 1. The molecule has 0 aromatic heterocycles. The van der Waals surface area contributed by atoms with Crippen molar-refractivity contribution in [1.29, 1.82) is 0 Å². The molecule has 1 amide bonds. The highest BCUT2D eigenvalue weighted by atomic mass is 19.1. The summed E-state index contributed by atoms with van der Waals surface area (Å²) in [6, 6.07) is 6.69. The van der Waals surface area contributed by atoms with E-state index in [2.05, 4.69) is 5.32 Å². The highest BCUT2D eigenvalue weighted by Crippen LogP contribution is 2.18. The van der Waals surface area contributed by atoms with Crippen LogP contribution in [-0.4, -0.2) is 47.7 Å². The summed E-state index contributed by atoms with van der Waals surface area (Å²) in [5.74, 6) is -1.11. The Hall–Kier alpha value is -2.11. The van der Waals surface area contributed by atoms with Crippen LogP contribution in [0.3, 0.4) is 0 Å². The number of rotatable bonds is 4. The first kappa shape index (κ1) is 14.3. The summed E-state index contributed by atoms with van der Waals surface area (Å²) < 4.78 is 13.1. The number of carbonyl (C=O) groups is 2. The molecule has 108 valence electrons. The Morgan fingerprint density at radius 2 is 2.05 bits per heavy atom. The lowest BCUT2D eigenvalue weighted by molar-refractivity contribution is -0.134. The van der Waals surface area contributed by atoms with E-state index in [1.807, 2.05) is 0 Å². The van der Waals surface area contributed by atoms with Gasteiger partial charge in [-0.05, 0) is 31.0 Å². The number of hydrogen-bond donors (Lipinski definition) is 2. The summed E-state index contributed by atoms with van der Waals surface area (Å²) >= 11 is 0. The third-order valence-corrected chi connectivity index (χ3v) is 3.26. The minimum Gasteiger partial charge on any atom is -0.480 e. The highest BCUT2D eigenvalue weighted by molar-refractivity contribution is 5.95. The number of alkyl halides is 1. The van der Waals surface area contributed by atoms with Gasteiger partial charge in [0.2, 0.25) is 0 Å². The fourth-order valence-electron chi connectivity index (χ4n) is 2.17. The van der Waals surface area contributed by atoms with E-state index in [4.69, 9.17) is 5.11 Å². The van der Waals surface area contributed by atoms with Crippen LogP contribution in [-0.2, 0) is 4.79 Å².